The Bertz CT molecular complexity index is 1470. The first-order chi connectivity index (χ1) is 17.9. The highest BCUT2D eigenvalue weighted by atomic mass is 127. The predicted molar refractivity (Wildman–Crippen MR) is 145 cm³/mol. The highest BCUT2D eigenvalue weighted by Crippen LogP contribution is 2.41. The molecule has 1 heterocycles. The predicted octanol–water partition coefficient (Wildman–Crippen LogP) is 8.19. The maximum absolute atomic E-state index is 13.1. The van der Waals surface area contributed by atoms with Crippen molar-refractivity contribution in [1.29, 1.82) is 0 Å². The fourth-order valence-corrected chi connectivity index (χ4v) is 4.68. The molecule has 11 heteroatoms. The van der Waals surface area contributed by atoms with E-state index < -0.39 is 18.4 Å². The van der Waals surface area contributed by atoms with E-state index in [9.17, 15) is 23.1 Å². The van der Waals surface area contributed by atoms with E-state index in [0.29, 0.717) is 38.9 Å². The van der Waals surface area contributed by atoms with Crippen molar-refractivity contribution in [3.8, 4) is 23.0 Å². The van der Waals surface area contributed by atoms with Crippen LogP contribution in [0.3, 0.4) is 0 Å². The molecule has 0 bridgehead atoms. The number of aliphatic carboxylic acids is 1. The number of aromatic nitrogens is 1. The van der Waals surface area contributed by atoms with Crippen LogP contribution in [-0.4, -0.2) is 28.1 Å². The van der Waals surface area contributed by atoms with Gasteiger partial charge >= 0.3 is 12.3 Å². The van der Waals surface area contributed by atoms with Gasteiger partial charge in [-0.2, -0.15) is 0 Å². The lowest BCUT2D eigenvalue weighted by Crippen LogP contribution is -2.25. The van der Waals surface area contributed by atoms with Crippen LogP contribution in [0.1, 0.15) is 24.6 Å². The van der Waals surface area contributed by atoms with Crippen molar-refractivity contribution < 1.29 is 37.3 Å². The summed E-state index contributed by atoms with van der Waals surface area (Å²) in [4.78, 5) is 11.4. The van der Waals surface area contributed by atoms with Crippen molar-refractivity contribution in [2.75, 3.05) is 0 Å². The summed E-state index contributed by atoms with van der Waals surface area (Å²) in [5.74, 6) is -0.0354. The number of hydrogen-bond donors (Lipinski definition) is 1. The van der Waals surface area contributed by atoms with E-state index >= 15 is 0 Å². The molecular formula is C27H22ClF3INO5. The van der Waals surface area contributed by atoms with Crippen molar-refractivity contribution in [2.24, 2.45) is 0 Å². The fraction of sp³-hybridized carbons (Fsp3) is 0.222. The molecule has 0 radical (unpaired) electrons. The minimum Gasteiger partial charge on any atom is -0.479 e. The number of halogens is 5. The Morgan fingerprint density at radius 2 is 1.82 bits per heavy atom. The lowest BCUT2D eigenvalue weighted by Gasteiger charge is -2.15. The number of hydrogen-bond acceptors (Lipinski definition) is 4. The molecule has 0 spiro atoms. The third-order valence-corrected chi connectivity index (χ3v) is 6.84. The quantitative estimate of drug-likeness (QED) is 0.184. The van der Waals surface area contributed by atoms with Gasteiger partial charge in [0.2, 0.25) is 0 Å². The average molecular weight is 660 g/mol. The van der Waals surface area contributed by atoms with Gasteiger partial charge in [-0.25, -0.2) is 4.79 Å². The zero-order chi connectivity index (χ0) is 27.6. The maximum atomic E-state index is 13.1. The number of alkyl halides is 3. The molecule has 4 rings (SSSR count). The zero-order valence-electron chi connectivity index (χ0n) is 20.2. The molecule has 0 amide bonds. The van der Waals surface area contributed by atoms with Gasteiger partial charge in [0.15, 0.2) is 11.9 Å². The van der Waals surface area contributed by atoms with Crippen molar-refractivity contribution >= 4 is 51.1 Å². The number of fused-ring (bicyclic) bond motifs is 1. The zero-order valence-corrected chi connectivity index (χ0v) is 23.1. The number of carboxylic acid groups (broad SMARTS) is 1. The average Bonchev–Trinajstić information content (AvgIpc) is 3.08. The van der Waals surface area contributed by atoms with Gasteiger partial charge in [0.05, 0.1) is 14.8 Å². The molecule has 0 saturated heterocycles. The number of rotatable bonds is 9. The van der Waals surface area contributed by atoms with Crippen LogP contribution >= 0.6 is 34.2 Å². The van der Waals surface area contributed by atoms with Gasteiger partial charge in [0, 0.05) is 23.0 Å². The van der Waals surface area contributed by atoms with Crippen molar-refractivity contribution in [1.82, 2.24) is 4.57 Å². The smallest absolute Gasteiger partial charge is 0.479 e. The van der Waals surface area contributed by atoms with E-state index in [1.54, 1.807) is 85.0 Å². The third kappa shape index (κ3) is 6.47. The molecule has 1 N–H and O–H groups in total. The first kappa shape index (κ1) is 27.9. The van der Waals surface area contributed by atoms with Crippen LogP contribution in [0.2, 0.25) is 5.02 Å². The van der Waals surface area contributed by atoms with Crippen molar-refractivity contribution in [3.05, 3.63) is 80.5 Å². The van der Waals surface area contributed by atoms with Crippen LogP contribution in [0.15, 0.2) is 60.7 Å². The van der Waals surface area contributed by atoms with Gasteiger partial charge in [-0.05, 0) is 84.0 Å². The molecule has 1 unspecified atom stereocenters. The van der Waals surface area contributed by atoms with Crippen LogP contribution in [0.4, 0.5) is 13.2 Å². The number of carbonyl (C=O) groups is 1. The summed E-state index contributed by atoms with van der Waals surface area (Å²) in [6.45, 7) is 3.77. The Labute approximate surface area is 235 Å². The third-order valence-electron chi connectivity index (χ3n) is 5.74. The molecule has 4 aromatic rings. The molecule has 0 aliphatic heterocycles. The Hall–Kier alpha value is -3.12. The number of benzene rings is 3. The van der Waals surface area contributed by atoms with Crippen LogP contribution in [-0.2, 0) is 11.3 Å². The van der Waals surface area contributed by atoms with E-state index in [0.717, 1.165) is 5.56 Å². The van der Waals surface area contributed by atoms with Crippen LogP contribution in [0.25, 0.3) is 10.9 Å². The largest absolute Gasteiger partial charge is 0.573 e. The number of nitrogens with zero attached hydrogens (tertiary/aromatic N) is 1. The van der Waals surface area contributed by atoms with Gasteiger partial charge in [0.1, 0.15) is 17.2 Å². The van der Waals surface area contributed by atoms with Crippen molar-refractivity contribution in [2.45, 2.75) is 39.3 Å². The van der Waals surface area contributed by atoms with Crippen molar-refractivity contribution in [3.63, 3.8) is 0 Å². The summed E-state index contributed by atoms with van der Waals surface area (Å²) in [6, 6.07) is 16.6. The molecule has 3 aromatic carbocycles. The summed E-state index contributed by atoms with van der Waals surface area (Å²) in [7, 11) is 0. The highest BCUT2D eigenvalue weighted by Gasteiger charge is 2.32. The molecule has 0 aliphatic rings. The van der Waals surface area contributed by atoms with Gasteiger partial charge in [0.25, 0.3) is 0 Å². The number of carboxylic acids is 1. The monoisotopic (exact) mass is 659 g/mol. The van der Waals surface area contributed by atoms with E-state index in [-0.39, 0.29) is 22.3 Å². The van der Waals surface area contributed by atoms with E-state index in [1.807, 2.05) is 10.6 Å². The molecule has 38 heavy (non-hydrogen) atoms. The summed E-state index contributed by atoms with van der Waals surface area (Å²) in [5.41, 5.74) is 1.88. The Morgan fingerprint density at radius 3 is 2.45 bits per heavy atom. The molecule has 6 nitrogen and oxygen atoms in total. The van der Waals surface area contributed by atoms with Crippen LogP contribution in [0.5, 0.6) is 23.0 Å². The van der Waals surface area contributed by atoms with Crippen LogP contribution in [0, 0.1) is 10.5 Å². The van der Waals surface area contributed by atoms with Gasteiger partial charge in [-0.1, -0.05) is 30.7 Å². The summed E-state index contributed by atoms with van der Waals surface area (Å²) < 4.78 is 57.4. The minimum atomic E-state index is -4.85. The van der Waals surface area contributed by atoms with Crippen LogP contribution < -0.4 is 14.2 Å². The standard InChI is InChI=1S/C27H22ClF3INO5/c1-3-23(26(34)35)36-19-6-4-5-16(11-19)14-33-15(2)25(37-18-9-7-17(28)8-10-18)20-12-21(32)24(13-22(20)33)38-27(29,30)31/h4-13,23H,3,14H2,1-2H3,(H,34,35). The SMILES string of the molecule is CCC(Oc1cccc(Cn2c(C)c(Oc3ccc(Cl)cc3)c3cc(I)c(OC(F)(F)F)cc32)c1)C(=O)O. The molecule has 0 aliphatic carbocycles. The van der Waals surface area contributed by atoms with Gasteiger partial charge < -0.3 is 23.9 Å². The Kier molecular flexibility index (Phi) is 8.31. The Morgan fingerprint density at radius 1 is 1.11 bits per heavy atom. The highest BCUT2D eigenvalue weighted by molar-refractivity contribution is 14.1. The first-order valence-corrected chi connectivity index (χ1v) is 12.9. The molecule has 0 fully saturated rings. The molecular weight excluding hydrogens is 638 g/mol. The second-order valence-electron chi connectivity index (χ2n) is 8.40. The summed E-state index contributed by atoms with van der Waals surface area (Å²) in [6.07, 6.45) is -5.57. The second kappa shape index (κ2) is 11.3. The molecule has 0 saturated carbocycles. The molecule has 1 aromatic heterocycles. The lowest BCUT2D eigenvalue weighted by atomic mass is 10.2. The minimum absolute atomic E-state index is 0.249. The van der Waals surface area contributed by atoms with E-state index in [1.165, 1.54) is 6.07 Å². The van der Waals surface area contributed by atoms with Gasteiger partial charge in [-0.15, -0.1) is 13.2 Å². The summed E-state index contributed by atoms with van der Waals surface area (Å²) in [5, 5.41) is 10.5. The Balaban J connectivity index is 1.79. The molecule has 200 valence electrons. The second-order valence-corrected chi connectivity index (χ2v) is 10.0. The first-order valence-electron chi connectivity index (χ1n) is 11.4. The maximum Gasteiger partial charge on any atom is 0.573 e. The fourth-order valence-electron chi connectivity index (χ4n) is 3.97. The molecule has 1 atom stereocenters. The number of ether oxygens (including phenoxy) is 3. The topological polar surface area (TPSA) is 69.9 Å². The lowest BCUT2D eigenvalue weighted by molar-refractivity contribution is -0.274. The van der Waals surface area contributed by atoms with E-state index in [4.69, 9.17) is 21.1 Å². The van der Waals surface area contributed by atoms with Gasteiger partial charge in [-0.3, -0.25) is 0 Å². The summed E-state index contributed by atoms with van der Waals surface area (Å²) >= 11 is 7.79. The van der Waals surface area contributed by atoms with E-state index in [2.05, 4.69) is 4.74 Å². The normalized spacial score (nSPS) is 12.4.